The normalized spacial score (nSPS) is 20.7. The van der Waals surface area contributed by atoms with Crippen LogP contribution in [0.25, 0.3) is 0 Å². The van der Waals surface area contributed by atoms with Crippen LogP contribution in [-0.2, 0) is 11.6 Å². The second kappa shape index (κ2) is 10.5. The van der Waals surface area contributed by atoms with Crippen molar-refractivity contribution in [1.29, 1.82) is 0 Å². The van der Waals surface area contributed by atoms with Crippen molar-refractivity contribution in [3.63, 3.8) is 0 Å². The number of urea groups is 1. The van der Waals surface area contributed by atoms with E-state index in [4.69, 9.17) is 5.10 Å². The molecule has 1 saturated carbocycles. The fourth-order valence-electron chi connectivity index (χ4n) is 5.93. The lowest BCUT2D eigenvalue weighted by molar-refractivity contribution is -0.137. The highest BCUT2D eigenvalue weighted by molar-refractivity contribution is 5.93. The number of anilines is 1. The molecular weight excluding hydrogens is 533 g/mol. The molecule has 1 atom stereocenters. The lowest BCUT2D eigenvalue weighted by Gasteiger charge is -2.33. The standard InChI is InChI=1S/C30H33F3N6O2/c1-29(11-12-29)26-17-25(27(40)38-14-8-21(19-38)20-3-2-13-34-18-20)36-39(26)24-9-15-37(16-10-24)28(41)35-23-6-4-22(5-7-23)30(31,32)33/h2-7,13,17-18,21,24H,8-12,14-16,19H2,1H3,(H,35,41). The molecule has 2 aromatic heterocycles. The summed E-state index contributed by atoms with van der Waals surface area (Å²) in [6, 6.07) is 10.1. The number of nitrogens with zero attached hydrogens (tertiary/aromatic N) is 5. The van der Waals surface area contributed by atoms with Crippen LogP contribution in [0.3, 0.4) is 0 Å². The Kier molecular flexibility index (Phi) is 6.99. The van der Waals surface area contributed by atoms with Gasteiger partial charge in [-0.25, -0.2) is 4.79 Å². The van der Waals surface area contributed by atoms with Gasteiger partial charge in [-0.1, -0.05) is 13.0 Å². The smallest absolute Gasteiger partial charge is 0.337 e. The summed E-state index contributed by atoms with van der Waals surface area (Å²) in [6.45, 7) is 4.50. The van der Waals surface area contributed by atoms with Crippen molar-refractivity contribution in [1.82, 2.24) is 24.6 Å². The number of alkyl halides is 3. The van der Waals surface area contributed by atoms with Crippen LogP contribution in [0, 0.1) is 0 Å². The van der Waals surface area contributed by atoms with Crippen molar-refractivity contribution in [2.75, 3.05) is 31.5 Å². The Morgan fingerprint density at radius 2 is 1.71 bits per heavy atom. The number of likely N-dealkylation sites (tertiary alicyclic amines) is 2. The van der Waals surface area contributed by atoms with Gasteiger partial charge >= 0.3 is 12.2 Å². The number of nitrogens with one attached hydrogen (secondary N) is 1. The summed E-state index contributed by atoms with van der Waals surface area (Å²) in [5.41, 5.74) is 2.27. The molecule has 0 bridgehead atoms. The quantitative estimate of drug-likeness (QED) is 0.420. The van der Waals surface area contributed by atoms with Crippen LogP contribution in [0.5, 0.6) is 0 Å². The van der Waals surface area contributed by atoms with Crippen LogP contribution < -0.4 is 5.32 Å². The van der Waals surface area contributed by atoms with Crippen LogP contribution in [0.1, 0.15) is 78.3 Å². The molecule has 3 fully saturated rings. The molecule has 0 radical (unpaired) electrons. The molecule has 4 heterocycles. The van der Waals surface area contributed by atoms with E-state index >= 15 is 0 Å². The molecule has 8 nitrogen and oxygen atoms in total. The Morgan fingerprint density at radius 3 is 2.34 bits per heavy atom. The van der Waals surface area contributed by atoms with E-state index in [-0.39, 0.29) is 29.3 Å². The molecular formula is C30H33F3N6O2. The molecule has 1 unspecified atom stereocenters. The molecule has 2 saturated heterocycles. The molecule has 3 aromatic rings. The highest BCUT2D eigenvalue weighted by Crippen LogP contribution is 2.49. The van der Waals surface area contributed by atoms with E-state index in [0.717, 1.165) is 42.7 Å². The van der Waals surface area contributed by atoms with E-state index in [9.17, 15) is 22.8 Å². The zero-order valence-electron chi connectivity index (χ0n) is 22.9. The minimum atomic E-state index is -4.42. The fraction of sp³-hybridized carbons (Fsp3) is 0.467. The maximum Gasteiger partial charge on any atom is 0.416 e. The molecule has 6 rings (SSSR count). The van der Waals surface area contributed by atoms with E-state index in [1.807, 2.05) is 27.9 Å². The van der Waals surface area contributed by atoms with Gasteiger partial charge < -0.3 is 15.1 Å². The lowest BCUT2D eigenvalue weighted by Crippen LogP contribution is -2.42. The van der Waals surface area contributed by atoms with Crippen molar-refractivity contribution in [2.45, 2.75) is 62.6 Å². The minimum absolute atomic E-state index is 0.00582. The average Bonchev–Trinajstić information content (AvgIpc) is 3.36. The first-order valence-electron chi connectivity index (χ1n) is 14.1. The Labute approximate surface area is 236 Å². The number of hydrogen-bond acceptors (Lipinski definition) is 4. The van der Waals surface area contributed by atoms with Crippen molar-refractivity contribution in [3.8, 4) is 0 Å². The third-order valence-corrected chi connectivity index (χ3v) is 8.77. The zero-order chi connectivity index (χ0) is 28.8. The summed E-state index contributed by atoms with van der Waals surface area (Å²) in [5.74, 6) is 0.224. The van der Waals surface area contributed by atoms with Gasteiger partial charge in [-0.2, -0.15) is 18.3 Å². The SMILES string of the molecule is CC1(c2cc(C(=O)N3CCC(c4cccnc4)C3)nn2C2CCN(C(=O)Nc3ccc(C(F)(F)F)cc3)CC2)CC1. The first-order chi connectivity index (χ1) is 19.6. The highest BCUT2D eigenvalue weighted by Gasteiger charge is 2.44. The number of carbonyl (C=O) groups excluding carboxylic acids is 2. The van der Waals surface area contributed by atoms with E-state index in [1.165, 1.54) is 12.1 Å². The Bertz CT molecular complexity index is 1410. The largest absolute Gasteiger partial charge is 0.416 e. The molecule has 3 aliphatic rings. The highest BCUT2D eigenvalue weighted by atomic mass is 19.4. The van der Waals surface area contributed by atoms with Gasteiger partial charge in [-0.15, -0.1) is 0 Å². The first kappa shape index (κ1) is 27.3. The first-order valence-corrected chi connectivity index (χ1v) is 14.1. The van der Waals surface area contributed by atoms with Crippen LogP contribution in [0.2, 0.25) is 0 Å². The molecule has 0 spiro atoms. The molecule has 41 heavy (non-hydrogen) atoms. The van der Waals surface area contributed by atoms with Gasteiger partial charge in [-0.3, -0.25) is 14.5 Å². The average molecular weight is 567 g/mol. The third-order valence-electron chi connectivity index (χ3n) is 8.77. The molecule has 2 aliphatic heterocycles. The molecule has 1 aliphatic carbocycles. The maximum atomic E-state index is 13.5. The lowest BCUT2D eigenvalue weighted by atomic mass is 10.0. The monoisotopic (exact) mass is 566 g/mol. The minimum Gasteiger partial charge on any atom is -0.337 e. The molecule has 216 valence electrons. The number of aromatic nitrogens is 3. The Morgan fingerprint density at radius 1 is 1.00 bits per heavy atom. The molecule has 1 aromatic carbocycles. The third kappa shape index (κ3) is 5.67. The number of halogens is 3. The Hall–Kier alpha value is -3.89. The van der Waals surface area contributed by atoms with Gasteiger partial charge in [-0.05, 0) is 74.1 Å². The number of carbonyl (C=O) groups is 2. The number of amides is 3. The summed E-state index contributed by atoms with van der Waals surface area (Å²) >= 11 is 0. The molecule has 11 heteroatoms. The number of pyridine rings is 1. The summed E-state index contributed by atoms with van der Waals surface area (Å²) in [4.78, 5) is 34.1. The van der Waals surface area contributed by atoms with Crippen LogP contribution in [0.4, 0.5) is 23.7 Å². The van der Waals surface area contributed by atoms with Crippen LogP contribution >= 0.6 is 0 Å². The molecule has 3 amide bonds. The zero-order valence-corrected chi connectivity index (χ0v) is 22.9. The fourth-order valence-corrected chi connectivity index (χ4v) is 5.93. The van der Waals surface area contributed by atoms with Gasteiger partial charge in [0.25, 0.3) is 5.91 Å². The number of rotatable bonds is 5. The predicted molar refractivity (Wildman–Crippen MR) is 147 cm³/mol. The van der Waals surface area contributed by atoms with E-state index < -0.39 is 11.7 Å². The van der Waals surface area contributed by atoms with Gasteiger partial charge in [0.15, 0.2) is 5.69 Å². The van der Waals surface area contributed by atoms with Gasteiger partial charge in [0.05, 0.1) is 11.6 Å². The van der Waals surface area contributed by atoms with Crippen molar-refractivity contribution in [3.05, 3.63) is 77.4 Å². The number of hydrogen-bond donors (Lipinski definition) is 1. The van der Waals surface area contributed by atoms with Crippen molar-refractivity contribution >= 4 is 17.6 Å². The number of benzene rings is 1. The maximum absolute atomic E-state index is 13.5. The van der Waals surface area contributed by atoms with Crippen molar-refractivity contribution < 1.29 is 22.8 Å². The summed E-state index contributed by atoms with van der Waals surface area (Å²) in [5, 5.41) is 7.55. The van der Waals surface area contributed by atoms with Crippen molar-refractivity contribution in [2.24, 2.45) is 0 Å². The summed E-state index contributed by atoms with van der Waals surface area (Å²) in [7, 11) is 0. The van der Waals surface area contributed by atoms with E-state index in [1.54, 1.807) is 11.1 Å². The molecule has 1 N–H and O–H groups in total. The second-order valence-electron chi connectivity index (χ2n) is 11.7. The number of piperidine rings is 1. The van der Waals surface area contributed by atoms with E-state index in [0.29, 0.717) is 50.4 Å². The van der Waals surface area contributed by atoms with Gasteiger partial charge in [0, 0.05) is 61.3 Å². The summed E-state index contributed by atoms with van der Waals surface area (Å²) < 4.78 is 40.5. The second-order valence-corrected chi connectivity index (χ2v) is 11.7. The Balaban J connectivity index is 1.10. The van der Waals surface area contributed by atoms with Crippen LogP contribution in [-0.4, -0.2) is 62.7 Å². The van der Waals surface area contributed by atoms with E-state index in [2.05, 4.69) is 23.3 Å². The van der Waals surface area contributed by atoms with Crippen LogP contribution in [0.15, 0.2) is 54.9 Å². The predicted octanol–water partition coefficient (Wildman–Crippen LogP) is 5.85. The van der Waals surface area contributed by atoms with Gasteiger partial charge in [0.2, 0.25) is 0 Å². The summed E-state index contributed by atoms with van der Waals surface area (Å²) in [6.07, 6.45) is 3.54. The topological polar surface area (TPSA) is 83.4 Å². The van der Waals surface area contributed by atoms with Gasteiger partial charge in [0.1, 0.15) is 0 Å².